The first-order valence-corrected chi connectivity index (χ1v) is 8.97. The zero-order valence-electron chi connectivity index (χ0n) is 14.6. The van der Waals surface area contributed by atoms with Gasteiger partial charge in [-0.3, -0.25) is 9.20 Å². The van der Waals surface area contributed by atoms with Crippen LogP contribution in [0.3, 0.4) is 0 Å². The quantitative estimate of drug-likeness (QED) is 0.568. The normalized spacial score (nSPS) is 12.1. The molecular weight excluding hydrogens is 360 g/mol. The second-order valence-corrected chi connectivity index (χ2v) is 6.66. The number of nitrogens with one attached hydrogen (secondary N) is 1. The van der Waals surface area contributed by atoms with Gasteiger partial charge in [-0.15, -0.1) is 10.2 Å². The molecule has 0 aliphatic heterocycles. The number of amides is 1. The molecule has 2 heterocycles. The topological polar surface area (TPSA) is 59.3 Å². The molecule has 4 aromatic rings. The van der Waals surface area contributed by atoms with E-state index in [1.54, 1.807) is 18.3 Å². The minimum Gasteiger partial charge on any atom is -0.346 e. The number of benzene rings is 2. The predicted molar refractivity (Wildman–Crippen MR) is 106 cm³/mol. The van der Waals surface area contributed by atoms with E-state index in [-0.39, 0.29) is 11.9 Å². The maximum Gasteiger partial charge on any atom is 0.251 e. The van der Waals surface area contributed by atoms with Crippen molar-refractivity contribution in [1.29, 1.82) is 0 Å². The molecule has 1 amide bonds. The number of rotatable bonds is 4. The van der Waals surface area contributed by atoms with Crippen LogP contribution >= 0.6 is 11.6 Å². The summed E-state index contributed by atoms with van der Waals surface area (Å²) in [6.07, 6.45) is 1.79. The summed E-state index contributed by atoms with van der Waals surface area (Å²) in [5.74, 6) is 0.483. The minimum atomic E-state index is -0.156. The number of aromatic nitrogens is 3. The second-order valence-electron chi connectivity index (χ2n) is 6.25. The predicted octanol–water partition coefficient (Wildman–Crippen LogP) is 4.54. The van der Waals surface area contributed by atoms with Crippen molar-refractivity contribution in [1.82, 2.24) is 19.9 Å². The van der Waals surface area contributed by atoms with Crippen LogP contribution in [0.25, 0.3) is 17.0 Å². The standard InChI is InChI=1S/C21H17ClN4O/c1-14(15-7-3-2-4-8-15)23-21(27)16-11-12-26-19(13-16)24-25-20(26)17-9-5-6-10-18(17)22/h2-14H,1H3,(H,23,27)/t14-/m0/s1. The van der Waals surface area contributed by atoms with Crippen molar-refractivity contribution >= 4 is 23.2 Å². The van der Waals surface area contributed by atoms with E-state index in [2.05, 4.69) is 15.5 Å². The average Bonchev–Trinajstić information content (AvgIpc) is 3.12. The van der Waals surface area contributed by atoms with Crippen LogP contribution in [0.4, 0.5) is 0 Å². The van der Waals surface area contributed by atoms with Crippen molar-refractivity contribution in [3.63, 3.8) is 0 Å². The molecule has 27 heavy (non-hydrogen) atoms. The Kier molecular flexibility index (Phi) is 4.60. The SMILES string of the molecule is C[C@H](NC(=O)c1ccn2c(-c3ccccc3Cl)nnc2c1)c1ccccc1. The smallest absolute Gasteiger partial charge is 0.251 e. The zero-order chi connectivity index (χ0) is 18.8. The lowest BCUT2D eigenvalue weighted by Crippen LogP contribution is -2.26. The van der Waals surface area contributed by atoms with Crippen LogP contribution in [0, 0.1) is 0 Å². The van der Waals surface area contributed by atoms with Gasteiger partial charge in [-0.1, -0.05) is 54.1 Å². The Morgan fingerprint density at radius 2 is 1.78 bits per heavy atom. The highest BCUT2D eigenvalue weighted by atomic mass is 35.5. The van der Waals surface area contributed by atoms with Crippen LogP contribution in [0.5, 0.6) is 0 Å². The molecule has 6 heteroatoms. The van der Waals surface area contributed by atoms with E-state index in [1.807, 2.05) is 65.9 Å². The maximum absolute atomic E-state index is 12.6. The van der Waals surface area contributed by atoms with Gasteiger partial charge in [-0.25, -0.2) is 0 Å². The average molecular weight is 377 g/mol. The van der Waals surface area contributed by atoms with Crippen molar-refractivity contribution in [2.75, 3.05) is 0 Å². The van der Waals surface area contributed by atoms with Gasteiger partial charge < -0.3 is 5.32 Å². The number of hydrogen-bond acceptors (Lipinski definition) is 3. The molecule has 0 aliphatic rings. The lowest BCUT2D eigenvalue weighted by atomic mass is 10.1. The summed E-state index contributed by atoms with van der Waals surface area (Å²) >= 11 is 6.27. The van der Waals surface area contributed by atoms with E-state index in [9.17, 15) is 4.79 Å². The fourth-order valence-electron chi connectivity index (χ4n) is 2.96. The third-order valence-corrected chi connectivity index (χ3v) is 4.76. The minimum absolute atomic E-state index is 0.0912. The van der Waals surface area contributed by atoms with Crippen molar-refractivity contribution in [2.24, 2.45) is 0 Å². The summed E-state index contributed by atoms with van der Waals surface area (Å²) in [7, 11) is 0. The van der Waals surface area contributed by atoms with Crippen LogP contribution in [0.1, 0.15) is 28.9 Å². The molecule has 4 rings (SSSR count). The van der Waals surface area contributed by atoms with Gasteiger partial charge in [0.05, 0.1) is 11.1 Å². The van der Waals surface area contributed by atoms with E-state index in [0.717, 1.165) is 11.1 Å². The van der Waals surface area contributed by atoms with Gasteiger partial charge in [0, 0.05) is 17.3 Å². The molecule has 0 bridgehead atoms. The summed E-state index contributed by atoms with van der Waals surface area (Å²) in [6.45, 7) is 1.96. The molecule has 0 saturated heterocycles. The highest BCUT2D eigenvalue weighted by molar-refractivity contribution is 6.33. The van der Waals surface area contributed by atoms with Gasteiger partial charge in [0.25, 0.3) is 5.91 Å². The highest BCUT2D eigenvalue weighted by Crippen LogP contribution is 2.26. The summed E-state index contributed by atoms with van der Waals surface area (Å²) in [5, 5.41) is 12.0. The van der Waals surface area contributed by atoms with Crippen molar-refractivity contribution < 1.29 is 4.79 Å². The second kappa shape index (κ2) is 7.21. The van der Waals surface area contributed by atoms with Crippen LogP contribution in [0.2, 0.25) is 5.02 Å². The molecule has 1 atom stereocenters. The largest absolute Gasteiger partial charge is 0.346 e. The van der Waals surface area contributed by atoms with Gasteiger partial charge in [0.1, 0.15) is 0 Å². The molecule has 134 valence electrons. The fourth-order valence-corrected chi connectivity index (χ4v) is 3.18. The van der Waals surface area contributed by atoms with Crippen LogP contribution in [-0.4, -0.2) is 20.5 Å². The van der Waals surface area contributed by atoms with Crippen LogP contribution < -0.4 is 5.32 Å². The number of hydrogen-bond donors (Lipinski definition) is 1. The molecule has 0 aliphatic carbocycles. The lowest BCUT2D eigenvalue weighted by Gasteiger charge is -2.14. The van der Waals surface area contributed by atoms with Gasteiger partial charge in [-0.2, -0.15) is 0 Å². The Bertz CT molecular complexity index is 1110. The molecule has 2 aromatic heterocycles. The molecule has 0 spiro atoms. The molecule has 1 N–H and O–H groups in total. The van der Waals surface area contributed by atoms with Gasteiger partial charge in [0.2, 0.25) is 0 Å². The van der Waals surface area contributed by atoms with E-state index < -0.39 is 0 Å². The Balaban J connectivity index is 1.61. The Labute approximate surface area is 161 Å². The lowest BCUT2D eigenvalue weighted by molar-refractivity contribution is 0.0940. The number of fused-ring (bicyclic) bond motifs is 1. The first kappa shape index (κ1) is 17.2. The molecule has 5 nitrogen and oxygen atoms in total. The highest BCUT2D eigenvalue weighted by Gasteiger charge is 2.15. The molecule has 0 fully saturated rings. The first-order valence-electron chi connectivity index (χ1n) is 8.59. The van der Waals surface area contributed by atoms with Crippen LogP contribution in [0.15, 0.2) is 72.9 Å². The molecule has 0 unspecified atom stereocenters. The number of carbonyl (C=O) groups excluding carboxylic acids is 1. The maximum atomic E-state index is 12.6. The van der Waals surface area contributed by atoms with E-state index in [1.165, 1.54) is 0 Å². The zero-order valence-corrected chi connectivity index (χ0v) is 15.4. The van der Waals surface area contributed by atoms with E-state index >= 15 is 0 Å². The fraction of sp³-hybridized carbons (Fsp3) is 0.0952. The van der Waals surface area contributed by atoms with E-state index in [4.69, 9.17) is 11.6 Å². The van der Waals surface area contributed by atoms with Gasteiger partial charge in [0.15, 0.2) is 11.5 Å². The Morgan fingerprint density at radius 3 is 2.56 bits per heavy atom. The van der Waals surface area contributed by atoms with Crippen molar-refractivity contribution in [3.8, 4) is 11.4 Å². The third kappa shape index (κ3) is 3.41. The Hall–Kier alpha value is -3.18. The molecule has 0 radical (unpaired) electrons. The molecule has 2 aromatic carbocycles. The van der Waals surface area contributed by atoms with Gasteiger partial charge in [-0.05, 0) is 36.8 Å². The van der Waals surface area contributed by atoms with Crippen molar-refractivity contribution in [3.05, 3.63) is 89.1 Å². The van der Waals surface area contributed by atoms with E-state index in [0.29, 0.717) is 22.1 Å². The number of pyridine rings is 1. The summed E-state index contributed by atoms with van der Waals surface area (Å²) < 4.78 is 1.82. The van der Waals surface area contributed by atoms with Crippen LogP contribution in [-0.2, 0) is 0 Å². The summed E-state index contributed by atoms with van der Waals surface area (Å²) in [6, 6.07) is 20.7. The number of halogens is 1. The summed E-state index contributed by atoms with van der Waals surface area (Å²) in [5.41, 5.74) is 2.96. The van der Waals surface area contributed by atoms with Gasteiger partial charge >= 0.3 is 0 Å². The Morgan fingerprint density at radius 1 is 1.04 bits per heavy atom. The molecule has 0 saturated carbocycles. The summed E-state index contributed by atoms with van der Waals surface area (Å²) in [4.78, 5) is 12.6. The monoisotopic (exact) mass is 376 g/mol. The molecular formula is C21H17ClN4O. The number of nitrogens with zero attached hydrogens (tertiary/aromatic N) is 3. The van der Waals surface area contributed by atoms with Crippen molar-refractivity contribution in [2.45, 2.75) is 13.0 Å². The first-order chi connectivity index (χ1) is 13.1. The number of carbonyl (C=O) groups is 1. The third-order valence-electron chi connectivity index (χ3n) is 4.43.